The number of nitrogens with zero attached hydrogens (tertiary/aromatic N) is 3. The second kappa shape index (κ2) is 5.94. The van der Waals surface area contributed by atoms with E-state index in [4.69, 9.17) is 0 Å². The van der Waals surface area contributed by atoms with Crippen LogP contribution in [-0.2, 0) is 24.3 Å². The number of aromatic nitrogens is 2. The van der Waals surface area contributed by atoms with Crippen LogP contribution in [0.25, 0.3) is 0 Å². The standard InChI is InChI=1S/C10H18N4O3S/c1-5-8-9(14(15)16)10(13(3)12-8)11-6-7(2)18(4)17/h7,11H,5-6H2,1-4H3. The minimum absolute atomic E-state index is 0.00841. The third kappa shape index (κ3) is 3.06. The predicted molar refractivity (Wildman–Crippen MR) is 71.3 cm³/mol. The summed E-state index contributed by atoms with van der Waals surface area (Å²) in [6, 6.07) is 0. The molecule has 102 valence electrons. The fourth-order valence-electron chi connectivity index (χ4n) is 1.55. The Morgan fingerprint density at radius 1 is 1.61 bits per heavy atom. The molecular weight excluding hydrogens is 256 g/mol. The minimum Gasteiger partial charge on any atom is -0.363 e. The van der Waals surface area contributed by atoms with Crippen LogP contribution >= 0.6 is 0 Å². The van der Waals surface area contributed by atoms with Crippen molar-refractivity contribution in [3.05, 3.63) is 15.8 Å². The Morgan fingerprint density at radius 2 is 2.22 bits per heavy atom. The second-order valence-corrected chi connectivity index (χ2v) is 5.87. The molecule has 0 radical (unpaired) electrons. The maximum absolute atomic E-state index is 11.2. The van der Waals surface area contributed by atoms with Gasteiger partial charge in [0.1, 0.15) is 5.69 Å². The van der Waals surface area contributed by atoms with Crippen LogP contribution in [0.15, 0.2) is 0 Å². The smallest absolute Gasteiger partial charge is 0.333 e. The van der Waals surface area contributed by atoms with Gasteiger partial charge >= 0.3 is 5.69 Å². The molecule has 0 spiro atoms. The number of nitrogens with one attached hydrogen (secondary N) is 1. The molecule has 2 unspecified atom stereocenters. The van der Waals surface area contributed by atoms with Crippen LogP contribution in [-0.4, -0.2) is 37.0 Å². The average molecular weight is 274 g/mol. The van der Waals surface area contributed by atoms with Crippen LogP contribution in [0.2, 0.25) is 0 Å². The summed E-state index contributed by atoms with van der Waals surface area (Å²) in [6.07, 6.45) is 2.11. The third-order valence-electron chi connectivity index (χ3n) is 2.73. The highest BCUT2D eigenvalue weighted by atomic mass is 32.2. The summed E-state index contributed by atoms with van der Waals surface area (Å²) >= 11 is 0. The molecule has 1 rings (SSSR count). The van der Waals surface area contributed by atoms with Crippen molar-refractivity contribution >= 4 is 22.3 Å². The lowest BCUT2D eigenvalue weighted by atomic mass is 10.3. The minimum atomic E-state index is -0.965. The predicted octanol–water partition coefficient (Wildman–Crippen LogP) is 1.07. The lowest BCUT2D eigenvalue weighted by Gasteiger charge is -2.10. The maximum atomic E-state index is 11.2. The van der Waals surface area contributed by atoms with Crippen LogP contribution in [0.4, 0.5) is 11.5 Å². The summed E-state index contributed by atoms with van der Waals surface area (Å²) in [5, 5.41) is 18.0. The Bertz CT molecular complexity index is 472. The van der Waals surface area contributed by atoms with Crippen LogP contribution in [0, 0.1) is 10.1 Å². The number of nitro groups is 1. The molecule has 1 aromatic heterocycles. The third-order valence-corrected chi connectivity index (χ3v) is 4.03. The van der Waals surface area contributed by atoms with Gasteiger partial charge in [0, 0.05) is 35.9 Å². The zero-order valence-corrected chi connectivity index (χ0v) is 11.8. The molecule has 0 aliphatic rings. The second-order valence-electron chi connectivity index (χ2n) is 4.07. The van der Waals surface area contributed by atoms with Gasteiger partial charge in [0.2, 0.25) is 5.82 Å². The van der Waals surface area contributed by atoms with E-state index in [1.165, 1.54) is 4.68 Å². The highest BCUT2D eigenvalue weighted by Crippen LogP contribution is 2.28. The van der Waals surface area contributed by atoms with Crippen molar-refractivity contribution in [1.82, 2.24) is 9.78 Å². The van der Waals surface area contributed by atoms with Crippen molar-refractivity contribution in [2.45, 2.75) is 25.5 Å². The quantitative estimate of drug-likeness (QED) is 0.619. The largest absolute Gasteiger partial charge is 0.363 e. The highest BCUT2D eigenvalue weighted by molar-refractivity contribution is 7.84. The van der Waals surface area contributed by atoms with E-state index in [-0.39, 0.29) is 10.9 Å². The Kier molecular flexibility index (Phi) is 4.83. The van der Waals surface area contributed by atoms with Gasteiger partial charge in [-0.1, -0.05) is 6.92 Å². The molecule has 1 N–H and O–H groups in total. The summed E-state index contributed by atoms with van der Waals surface area (Å²) in [4.78, 5) is 10.6. The molecule has 8 heteroatoms. The lowest BCUT2D eigenvalue weighted by Crippen LogP contribution is -2.22. The topological polar surface area (TPSA) is 90.1 Å². The number of hydrogen-bond donors (Lipinski definition) is 1. The monoisotopic (exact) mass is 274 g/mol. The summed E-state index contributed by atoms with van der Waals surface area (Å²) in [6.45, 7) is 4.06. The molecule has 0 saturated carbocycles. The lowest BCUT2D eigenvalue weighted by molar-refractivity contribution is -0.384. The molecule has 0 aliphatic heterocycles. The normalized spacial score (nSPS) is 14.2. The molecule has 0 aromatic carbocycles. The van der Waals surface area contributed by atoms with Gasteiger partial charge in [0.25, 0.3) is 0 Å². The molecule has 0 aliphatic carbocycles. The van der Waals surface area contributed by atoms with E-state index in [9.17, 15) is 14.3 Å². The van der Waals surface area contributed by atoms with Gasteiger partial charge in [-0.05, 0) is 13.3 Å². The molecule has 0 bridgehead atoms. The number of anilines is 1. The van der Waals surface area contributed by atoms with Gasteiger partial charge in [-0.15, -0.1) is 0 Å². The van der Waals surface area contributed by atoms with Gasteiger partial charge in [-0.3, -0.25) is 14.3 Å². The van der Waals surface area contributed by atoms with E-state index in [0.717, 1.165) is 0 Å². The van der Waals surface area contributed by atoms with Crippen molar-refractivity contribution in [3.8, 4) is 0 Å². The van der Waals surface area contributed by atoms with Crippen molar-refractivity contribution in [3.63, 3.8) is 0 Å². The fraction of sp³-hybridized carbons (Fsp3) is 0.700. The van der Waals surface area contributed by atoms with Crippen LogP contribution in [0.1, 0.15) is 19.5 Å². The molecule has 2 atom stereocenters. The highest BCUT2D eigenvalue weighted by Gasteiger charge is 2.25. The fourth-order valence-corrected chi connectivity index (χ4v) is 1.87. The average Bonchev–Trinajstić information content (AvgIpc) is 2.62. The Morgan fingerprint density at radius 3 is 2.67 bits per heavy atom. The Hall–Kier alpha value is -1.44. The first kappa shape index (κ1) is 14.6. The Labute approximate surface area is 108 Å². The molecule has 7 nitrogen and oxygen atoms in total. The molecule has 1 aromatic rings. The number of aryl methyl sites for hydroxylation is 2. The van der Waals surface area contributed by atoms with Crippen molar-refractivity contribution in [2.24, 2.45) is 7.05 Å². The molecule has 0 fully saturated rings. The first-order valence-corrected chi connectivity index (χ1v) is 7.26. The maximum Gasteiger partial charge on any atom is 0.333 e. The van der Waals surface area contributed by atoms with Gasteiger partial charge < -0.3 is 5.32 Å². The van der Waals surface area contributed by atoms with E-state index in [1.807, 2.05) is 13.8 Å². The van der Waals surface area contributed by atoms with Crippen LogP contribution in [0.5, 0.6) is 0 Å². The first-order chi connectivity index (χ1) is 8.38. The van der Waals surface area contributed by atoms with Crippen LogP contribution < -0.4 is 5.32 Å². The van der Waals surface area contributed by atoms with E-state index < -0.39 is 15.7 Å². The van der Waals surface area contributed by atoms with Gasteiger partial charge in [-0.2, -0.15) is 5.10 Å². The van der Waals surface area contributed by atoms with E-state index >= 15 is 0 Å². The zero-order chi connectivity index (χ0) is 13.9. The van der Waals surface area contributed by atoms with Crippen LogP contribution in [0.3, 0.4) is 0 Å². The number of hydrogen-bond acceptors (Lipinski definition) is 5. The van der Waals surface area contributed by atoms with Crippen molar-refractivity contribution in [2.75, 3.05) is 18.1 Å². The van der Waals surface area contributed by atoms with E-state index in [0.29, 0.717) is 24.5 Å². The van der Waals surface area contributed by atoms with Crippen molar-refractivity contribution < 1.29 is 9.13 Å². The summed E-state index contributed by atoms with van der Waals surface area (Å²) in [5.74, 6) is 0.370. The van der Waals surface area contributed by atoms with Gasteiger partial charge in [-0.25, -0.2) is 4.68 Å². The van der Waals surface area contributed by atoms with Crippen molar-refractivity contribution in [1.29, 1.82) is 0 Å². The van der Waals surface area contributed by atoms with E-state index in [1.54, 1.807) is 13.3 Å². The van der Waals surface area contributed by atoms with E-state index in [2.05, 4.69) is 10.4 Å². The molecule has 0 amide bonds. The molecule has 1 heterocycles. The molecule has 18 heavy (non-hydrogen) atoms. The van der Waals surface area contributed by atoms with Gasteiger partial charge in [0.15, 0.2) is 0 Å². The summed E-state index contributed by atoms with van der Waals surface area (Å²) in [7, 11) is 0.690. The van der Waals surface area contributed by atoms with Gasteiger partial charge in [0.05, 0.1) is 4.92 Å². The SMILES string of the molecule is CCc1nn(C)c(NCC(C)S(C)=O)c1[N+](=O)[O-]. The number of rotatable bonds is 6. The Balaban J connectivity index is 2.97. The zero-order valence-electron chi connectivity index (χ0n) is 11.0. The summed E-state index contributed by atoms with van der Waals surface area (Å²) in [5.41, 5.74) is 0.462. The first-order valence-electron chi connectivity index (χ1n) is 5.64. The molecule has 0 saturated heterocycles. The molecular formula is C10H18N4O3S. The summed E-state index contributed by atoms with van der Waals surface area (Å²) < 4.78 is 12.7.